The third-order valence-electron chi connectivity index (χ3n) is 2.51. The number of nitro benzene ring substituents is 1. The highest BCUT2D eigenvalue weighted by Gasteiger charge is 2.15. The van der Waals surface area contributed by atoms with Crippen LogP contribution in [0.3, 0.4) is 0 Å². The van der Waals surface area contributed by atoms with Gasteiger partial charge in [0.25, 0.3) is 5.69 Å². The molecule has 0 saturated heterocycles. The molecule has 2 rings (SSSR count). The first-order chi connectivity index (χ1) is 9.08. The highest BCUT2D eigenvalue weighted by molar-refractivity contribution is 7.07. The summed E-state index contributed by atoms with van der Waals surface area (Å²) in [5.74, 6) is -1.12. The maximum atomic E-state index is 11.1. The summed E-state index contributed by atoms with van der Waals surface area (Å²) in [6, 6.07) is 5.54. The van der Waals surface area contributed by atoms with Crippen molar-refractivity contribution < 1.29 is 14.8 Å². The molecule has 0 aliphatic heterocycles. The summed E-state index contributed by atoms with van der Waals surface area (Å²) < 4.78 is 0. The van der Waals surface area contributed by atoms with Crippen molar-refractivity contribution in [1.82, 2.24) is 0 Å². The number of carbonyl (C=O) groups is 1. The van der Waals surface area contributed by atoms with Gasteiger partial charge in [0, 0.05) is 18.7 Å². The normalized spacial score (nSPS) is 10.1. The number of rotatable bonds is 5. The highest BCUT2D eigenvalue weighted by atomic mass is 32.1. The second-order valence-electron chi connectivity index (χ2n) is 3.78. The Kier molecular flexibility index (Phi) is 3.76. The first-order valence-corrected chi connectivity index (χ1v) is 6.29. The fourth-order valence-corrected chi connectivity index (χ4v) is 2.24. The van der Waals surface area contributed by atoms with Crippen LogP contribution in [0.25, 0.3) is 0 Å². The number of benzene rings is 1. The number of hydrogen-bond donors (Lipinski definition) is 2. The Labute approximate surface area is 112 Å². The van der Waals surface area contributed by atoms with E-state index in [-0.39, 0.29) is 16.9 Å². The number of non-ortho nitro benzene ring substituents is 1. The lowest BCUT2D eigenvalue weighted by Crippen LogP contribution is -2.06. The van der Waals surface area contributed by atoms with Gasteiger partial charge in [-0.3, -0.25) is 10.1 Å². The number of nitro groups is 1. The van der Waals surface area contributed by atoms with E-state index in [4.69, 9.17) is 5.11 Å². The molecule has 0 radical (unpaired) electrons. The summed E-state index contributed by atoms with van der Waals surface area (Å²) in [6.45, 7) is 0.422. The molecule has 0 bridgehead atoms. The van der Waals surface area contributed by atoms with Crippen LogP contribution in [0.2, 0.25) is 0 Å². The quantitative estimate of drug-likeness (QED) is 0.648. The third-order valence-corrected chi connectivity index (χ3v) is 3.24. The molecule has 2 aromatic rings. The van der Waals surface area contributed by atoms with Crippen molar-refractivity contribution in [2.45, 2.75) is 6.54 Å². The van der Waals surface area contributed by atoms with E-state index < -0.39 is 10.9 Å². The molecule has 0 aliphatic carbocycles. The van der Waals surface area contributed by atoms with E-state index >= 15 is 0 Å². The molecule has 0 amide bonds. The van der Waals surface area contributed by atoms with Crippen LogP contribution in [0.15, 0.2) is 35.0 Å². The minimum absolute atomic E-state index is 0.0147. The largest absolute Gasteiger partial charge is 0.478 e. The fraction of sp³-hybridized carbons (Fsp3) is 0.0833. The van der Waals surface area contributed by atoms with Crippen LogP contribution >= 0.6 is 11.3 Å². The molecular weight excluding hydrogens is 268 g/mol. The van der Waals surface area contributed by atoms with Gasteiger partial charge in [-0.1, -0.05) is 0 Å². The summed E-state index contributed by atoms with van der Waals surface area (Å²) >= 11 is 1.53. The van der Waals surface area contributed by atoms with Gasteiger partial charge in [0.05, 0.1) is 16.2 Å². The fourth-order valence-electron chi connectivity index (χ4n) is 1.57. The topological polar surface area (TPSA) is 92.5 Å². The third kappa shape index (κ3) is 3.08. The van der Waals surface area contributed by atoms with Crippen molar-refractivity contribution in [1.29, 1.82) is 0 Å². The van der Waals surface area contributed by atoms with E-state index in [1.165, 1.54) is 29.5 Å². The Balaban J connectivity index is 2.27. The van der Waals surface area contributed by atoms with Crippen molar-refractivity contribution in [3.63, 3.8) is 0 Å². The molecule has 98 valence electrons. The lowest BCUT2D eigenvalue weighted by molar-refractivity contribution is -0.384. The van der Waals surface area contributed by atoms with E-state index in [2.05, 4.69) is 5.32 Å². The summed E-state index contributed by atoms with van der Waals surface area (Å²) in [7, 11) is 0. The Morgan fingerprint density at radius 3 is 2.79 bits per heavy atom. The van der Waals surface area contributed by atoms with E-state index in [1.54, 1.807) is 0 Å². The highest BCUT2D eigenvalue weighted by Crippen LogP contribution is 2.23. The van der Waals surface area contributed by atoms with Crippen LogP contribution in [0.1, 0.15) is 15.9 Å². The van der Waals surface area contributed by atoms with Crippen LogP contribution < -0.4 is 5.32 Å². The van der Waals surface area contributed by atoms with Gasteiger partial charge in [0.1, 0.15) is 0 Å². The van der Waals surface area contributed by atoms with Crippen LogP contribution in [0, 0.1) is 10.1 Å². The predicted octanol–water partition coefficient (Wildman–Crippen LogP) is 2.97. The summed E-state index contributed by atoms with van der Waals surface area (Å²) in [6.07, 6.45) is 0. The first kappa shape index (κ1) is 13.0. The lowest BCUT2D eigenvalue weighted by atomic mass is 10.1. The molecule has 6 nitrogen and oxygen atoms in total. The Morgan fingerprint density at radius 1 is 1.42 bits per heavy atom. The number of hydrogen-bond acceptors (Lipinski definition) is 5. The van der Waals surface area contributed by atoms with Gasteiger partial charge in [-0.2, -0.15) is 11.3 Å². The summed E-state index contributed by atoms with van der Waals surface area (Å²) in [5.41, 5.74) is 1.11. The number of carboxylic acids is 1. The van der Waals surface area contributed by atoms with E-state index in [0.717, 1.165) is 5.56 Å². The molecular formula is C12H10N2O4S. The molecule has 0 atom stereocenters. The maximum absolute atomic E-state index is 11.1. The van der Waals surface area contributed by atoms with Crippen LogP contribution in [0.4, 0.5) is 11.4 Å². The monoisotopic (exact) mass is 278 g/mol. The zero-order valence-electron chi connectivity index (χ0n) is 9.70. The standard InChI is InChI=1S/C12H10N2O4S/c15-12(16)10-2-1-9(14(17)18)5-11(10)13-6-8-3-4-19-7-8/h1-5,7,13H,6H2,(H,15,16). The molecule has 0 aliphatic rings. The van der Waals surface area contributed by atoms with Crippen molar-refractivity contribution in [2.24, 2.45) is 0 Å². The van der Waals surface area contributed by atoms with Gasteiger partial charge < -0.3 is 10.4 Å². The Bertz CT molecular complexity index is 610. The predicted molar refractivity (Wildman–Crippen MR) is 71.7 cm³/mol. The zero-order valence-corrected chi connectivity index (χ0v) is 10.5. The SMILES string of the molecule is O=C(O)c1ccc([N+](=O)[O-])cc1NCc1ccsc1. The van der Waals surface area contributed by atoms with Crippen LogP contribution in [-0.2, 0) is 6.54 Å². The molecule has 19 heavy (non-hydrogen) atoms. The number of carboxylic acid groups (broad SMARTS) is 1. The van der Waals surface area contributed by atoms with Gasteiger partial charge in [0.2, 0.25) is 0 Å². The van der Waals surface area contributed by atoms with Gasteiger partial charge >= 0.3 is 5.97 Å². The van der Waals surface area contributed by atoms with Crippen molar-refractivity contribution >= 4 is 28.7 Å². The number of nitrogens with zero attached hydrogens (tertiary/aromatic N) is 1. The number of aromatic carboxylic acids is 1. The first-order valence-electron chi connectivity index (χ1n) is 5.34. The average Bonchev–Trinajstić information content (AvgIpc) is 2.88. The molecule has 0 saturated carbocycles. The second-order valence-corrected chi connectivity index (χ2v) is 4.56. The minimum Gasteiger partial charge on any atom is -0.478 e. The van der Waals surface area contributed by atoms with Gasteiger partial charge in [-0.15, -0.1) is 0 Å². The number of thiophene rings is 1. The van der Waals surface area contributed by atoms with Gasteiger partial charge in [-0.25, -0.2) is 4.79 Å². The molecule has 1 aromatic carbocycles. The van der Waals surface area contributed by atoms with E-state index in [0.29, 0.717) is 6.54 Å². The maximum Gasteiger partial charge on any atom is 0.337 e. The second kappa shape index (κ2) is 5.49. The number of anilines is 1. The summed E-state index contributed by atoms with van der Waals surface area (Å²) in [4.78, 5) is 21.2. The minimum atomic E-state index is -1.12. The van der Waals surface area contributed by atoms with Crippen molar-refractivity contribution in [3.8, 4) is 0 Å². The average molecular weight is 278 g/mol. The Hall–Kier alpha value is -2.41. The summed E-state index contributed by atoms with van der Waals surface area (Å²) in [5, 5.41) is 26.5. The lowest BCUT2D eigenvalue weighted by Gasteiger charge is -2.08. The molecule has 0 unspecified atom stereocenters. The molecule has 1 aromatic heterocycles. The van der Waals surface area contributed by atoms with E-state index in [9.17, 15) is 14.9 Å². The van der Waals surface area contributed by atoms with Gasteiger partial charge in [0.15, 0.2) is 0 Å². The van der Waals surface area contributed by atoms with Gasteiger partial charge in [-0.05, 0) is 28.5 Å². The van der Waals surface area contributed by atoms with Crippen molar-refractivity contribution in [3.05, 3.63) is 56.3 Å². The molecule has 0 spiro atoms. The van der Waals surface area contributed by atoms with Crippen molar-refractivity contribution in [2.75, 3.05) is 5.32 Å². The van der Waals surface area contributed by atoms with Crippen LogP contribution in [0.5, 0.6) is 0 Å². The molecule has 1 heterocycles. The smallest absolute Gasteiger partial charge is 0.337 e. The van der Waals surface area contributed by atoms with Crippen LogP contribution in [-0.4, -0.2) is 16.0 Å². The van der Waals surface area contributed by atoms with E-state index in [1.807, 2.05) is 16.8 Å². The molecule has 2 N–H and O–H groups in total. The molecule has 0 fully saturated rings. The number of nitrogens with one attached hydrogen (secondary N) is 1. The Morgan fingerprint density at radius 2 is 2.21 bits per heavy atom. The molecule has 7 heteroatoms. The zero-order chi connectivity index (χ0) is 13.8.